The average Bonchev–Trinajstić information content (AvgIpc) is 2.81. The molecule has 0 aromatic carbocycles. The standard InChI is InChI=1S/C12H21ClN2OS/c1-2-15(7-8-16)6-4-3-5-12-14-11(9-13)10-17-12/h10,16H,2-9H2,1H3. The van der Waals surface area contributed by atoms with Gasteiger partial charge in [-0.15, -0.1) is 22.9 Å². The van der Waals surface area contributed by atoms with Crippen LogP contribution in [0.1, 0.15) is 30.5 Å². The Hall–Kier alpha value is -0.160. The summed E-state index contributed by atoms with van der Waals surface area (Å²) in [6, 6.07) is 0. The van der Waals surface area contributed by atoms with Gasteiger partial charge in [0.15, 0.2) is 0 Å². The molecule has 1 N–H and O–H groups in total. The summed E-state index contributed by atoms with van der Waals surface area (Å²) in [5.41, 5.74) is 0.988. The van der Waals surface area contributed by atoms with Gasteiger partial charge in [-0.05, 0) is 32.4 Å². The minimum absolute atomic E-state index is 0.249. The number of alkyl halides is 1. The van der Waals surface area contributed by atoms with Crippen molar-refractivity contribution in [1.82, 2.24) is 9.88 Å². The lowest BCUT2D eigenvalue weighted by atomic mass is 10.2. The molecule has 0 aliphatic carbocycles. The number of halogens is 1. The lowest BCUT2D eigenvalue weighted by Crippen LogP contribution is -2.27. The van der Waals surface area contributed by atoms with E-state index < -0.39 is 0 Å². The van der Waals surface area contributed by atoms with Crippen LogP contribution in [0.2, 0.25) is 0 Å². The van der Waals surface area contributed by atoms with Gasteiger partial charge in [0, 0.05) is 11.9 Å². The summed E-state index contributed by atoms with van der Waals surface area (Å²) < 4.78 is 0. The predicted molar refractivity (Wildman–Crippen MR) is 73.8 cm³/mol. The summed E-state index contributed by atoms with van der Waals surface area (Å²) in [6.45, 7) is 5.23. The van der Waals surface area contributed by atoms with Gasteiger partial charge in [-0.3, -0.25) is 0 Å². The first kappa shape index (κ1) is 14.9. The summed E-state index contributed by atoms with van der Waals surface area (Å²) >= 11 is 7.41. The Kier molecular flexibility index (Phi) is 7.77. The molecule has 0 atom stereocenters. The fourth-order valence-electron chi connectivity index (χ4n) is 1.71. The lowest BCUT2D eigenvalue weighted by Gasteiger charge is -2.18. The van der Waals surface area contributed by atoms with Crippen LogP contribution in [-0.4, -0.2) is 41.2 Å². The van der Waals surface area contributed by atoms with E-state index in [9.17, 15) is 0 Å². The van der Waals surface area contributed by atoms with Gasteiger partial charge >= 0.3 is 0 Å². The Labute approximate surface area is 112 Å². The number of thiazole rings is 1. The molecule has 0 saturated carbocycles. The summed E-state index contributed by atoms with van der Waals surface area (Å²) in [7, 11) is 0. The molecule has 1 aromatic heterocycles. The van der Waals surface area contributed by atoms with E-state index >= 15 is 0 Å². The van der Waals surface area contributed by atoms with Gasteiger partial charge < -0.3 is 10.0 Å². The van der Waals surface area contributed by atoms with Crippen molar-refractivity contribution in [2.45, 2.75) is 32.1 Å². The molecular formula is C12H21ClN2OS. The van der Waals surface area contributed by atoms with Crippen molar-refractivity contribution in [2.75, 3.05) is 26.2 Å². The van der Waals surface area contributed by atoms with E-state index in [2.05, 4.69) is 16.8 Å². The normalized spacial score (nSPS) is 11.3. The number of likely N-dealkylation sites (N-methyl/N-ethyl adjacent to an activating group) is 1. The molecular weight excluding hydrogens is 256 g/mol. The highest BCUT2D eigenvalue weighted by Gasteiger charge is 2.03. The molecule has 0 fully saturated rings. The number of aliphatic hydroxyl groups is 1. The van der Waals surface area contributed by atoms with Crippen molar-refractivity contribution in [3.63, 3.8) is 0 Å². The predicted octanol–water partition coefficient (Wildman–Crippen LogP) is 2.52. The van der Waals surface area contributed by atoms with E-state index in [0.717, 1.165) is 44.6 Å². The maximum Gasteiger partial charge on any atom is 0.0928 e. The van der Waals surface area contributed by atoms with Gasteiger partial charge in [0.05, 0.1) is 23.2 Å². The van der Waals surface area contributed by atoms with Crippen LogP contribution in [0.5, 0.6) is 0 Å². The first-order valence-corrected chi connectivity index (χ1v) is 7.54. The molecule has 3 nitrogen and oxygen atoms in total. The number of aryl methyl sites for hydroxylation is 1. The van der Waals surface area contributed by atoms with Crippen molar-refractivity contribution in [3.05, 3.63) is 16.1 Å². The lowest BCUT2D eigenvalue weighted by molar-refractivity contribution is 0.200. The van der Waals surface area contributed by atoms with Crippen LogP contribution in [0.15, 0.2) is 5.38 Å². The van der Waals surface area contributed by atoms with Crippen LogP contribution < -0.4 is 0 Å². The third-order valence-corrected chi connectivity index (χ3v) is 3.95. The molecule has 0 aliphatic rings. The molecule has 1 rings (SSSR count). The largest absolute Gasteiger partial charge is 0.395 e. The van der Waals surface area contributed by atoms with Crippen molar-refractivity contribution >= 4 is 22.9 Å². The smallest absolute Gasteiger partial charge is 0.0928 e. The van der Waals surface area contributed by atoms with Crippen molar-refractivity contribution < 1.29 is 5.11 Å². The molecule has 0 amide bonds. The van der Waals surface area contributed by atoms with E-state index in [-0.39, 0.29) is 6.61 Å². The van der Waals surface area contributed by atoms with E-state index in [1.807, 2.05) is 5.38 Å². The van der Waals surface area contributed by atoms with Gasteiger partial charge in [0.25, 0.3) is 0 Å². The Balaban J connectivity index is 2.14. The van der Waals surface area contributed by atoms with E-state index in [1.54, 1.807) is 11.3 Å². The zero-order valence-electron chi connectivity index (χ0n) is 10.4. The van der Waals surface area contributed by atoms with Crippen molar-refractivity contribution in [3.8, 4) is 0 Å². The quantitative estimate of drug-likeness (QED) is 0.556. The number of hydrogen-bond acceptors (Lipinski definition) is 4. The SMILES string of the molecule is CCN(CCO)CCCCc1nc(CCl)cs1. The third kappa shape index (κ3) is 5.82. The van der Waals surface area contributed by atoms with Gasteiger partial charge in [0.1, 0.15) is 0 Å². The minimum atomic E-state index is 0.249. The molecule has 0 bridgehead atoms. The molecule has 17 heavy (non-hydrogen) atoms. The second-order valence-corrected chi connectivity index (χ2v) is 5.19. The third-order valence-electron chi connectivity index (χ3n) is 2.71. The molecule has 98 valence electrons. The van der Waals surface area contributed by atoms with Crippen LogP contribution in [0, 0.1) is 0 Å². The van der Waals surface area contributed by atoms with Gasteiger partial charge in [-0.1, -0.05) is 6.92 Å². The highest BCUT2D eigenvalue weighted by molar-refractivity contribution is 7.09. The molecule has 0 aliphatic heterocycles. The molecule has 0 radical (unpaired) electrons. The maximum absolute atomic E-state index is 8.87. The number of unbranched alkanes of at least 4 members (excludes halogenated alkanes) is 1. The highest BCUT2D eigenvalue weighted by Crippen LogP contribution is 2.14. The zero-order chi connectivity index (χ0) is 12.5. The second kappa shape index (κ2) is 8.86. The maximum atomic E-state index is 8.87. The van der Waals surface area contributed by atoms with Crippen LogP contribution in [0.4, 0.5) is 0 Å². The van der Waals surface area contributed by atoms with E-state index in [0.29, 0.717) is 5.88 Å². The molecule has 1 heterocycles. The van der Waals surface area contributed by atoms with Gasteiger partial charge in [0.2, 0.25) is 0 Å². The summed E-state index contributed by atoms with van der Waals surface area (Å²) in [4.78, 5) is 6.70. The number of aromatic nitrogens is 1. The van der Waals surface area contributed by atoms with Crippen LogP contribution in [0.3, 0.4) is 0 Å². The topological polar surface area (TPSA) is 36.4 Å². The molecule has 0 saturated heterocycles. The first-order chi connectivity index (χ1) is 8.30. The highest BCUT2D eigenvalue weighted by atomic mass is 35.5. The Morgan fingerprint density at radius 1 is 1.41 bits per heavy atom. The number of nitrogens with zero attached hydrogens (tertiary/aromatic N) is 2. The monoisotopic (exact) mass is 276 g/mol. The minimum Gasteiger partial charge on any atom is -0.395 e. The Morgan fingerprint density at radius 3 is 2.82 bits per heavy atom. The number of rotatable bonds is 9. The fraction of sp³-hybridized carbons (Fsp3) is 0.750. The Morgan fingerprint density at radius 2 is 2.24 bits per heavy atom. The number of aliphatic hydroxyl groups excluding tert-OH is 1. The molecule has 5 heteroatoms. The van der Waals surface area contributed by atoms with Crippen molar-refractivity contribution in [2.24, 2.45) is 0 Å². The van der Waals surface area contributed by atoms with Gasteiger partial charge in [-0.25, -0.2) is 4.98 Å². The van der Waals surface area contributed by atoms with Crippen molar-refractivity contribution in [1.29, 1.82) is 0 Å². The molecule has 0 unspecified atom stereocenters. The van der Waals surface area contributed by atoms with Gasteiger partial charge in [-0.2, -0.15) is 0 Å². The first-order valence-electron chi connectivity index (χ1n) is 6.12. The summed E-state index contributed by atoms with van der Waals surface area (Å²) in [5, 5.41) is 12.1. The van der Waals surface area contributed by atoms with Crippen LogP contribution in [0.25, 0.3) is 0 Å². The van der Waals surface area contributed by atoms with Crippen LogP contribution in [-0.2, 0) is 12.3 Å². The van der Waals surface area contributed by atoms with E-state index in [4.69, 9.17) is 16.7 Å². The molecule has 0 spiro atoms. The van der Waals surface area contributed by atoms with E-state index in [1.165, 1.54) is 5.01 Å². The molecule has 1 aromatic rings. The van der Waals surface area contributed by atoms with Crippen LogP contribution >= 0.6 is 22.9 Å². The summed E-state index contributed by atoms with van der Waals surface area (Å²) in [5.74, 6) is 0.511. The number of hydrogen-bond donors (Lipinski definition) is 1. The summed E-state index contributed by atoms with van der Waals surface area (Å²) in [6.07, 6.45) is 3.35. The Bertz CT molecular complexity index is 306. The average molecular weight is 277 g/mol. The fourth-order valence-corrected chi connectivity index (χ4v) is 2.77. The second-order valence-electron chi connectivity index (χ2n) is 3.98. The zero-order valence-corrected chi connectivity index (χ0v) is 11.9.